The maximum absolute atomic E-state index is 15.2. The highest BCUT2D eigenvalue weighted by molar-refractivity contribution is 6.05. The molecule has 3 aliphatic rings. The van der Waals surface area contributed by atoms with Crippen LogP contribution in [0, 0.1) is 11.6 Å². The largest absolute Gasteiger partial charge is 0.507 e. The van der Waals surface area contributed by atoms with Gasteiger partial charge in [-0.1, -0.05) is 6.07 Å². The number of amides is 3. The van der Waals surface area contributed by atoms with Crippen molar-refractivity contribution in [3.05, 3.63) is 59.7 Å². The molecule has 202 valence electrons. The fraction of sp³-hybridized carbons (Fsp3) is 0.333. The van der Waals surface area contributed by atoms with Crippen molar-refractivity contribution in [1.29, 1.82) is 0 Å². The Hall–Kier alpha value is -4.32. The van der Waals surface area contributed by atoms with Crippen LogP contribution in [0.4, 0.5) is 30.8 Å². The van der Waals surface area contributed by atoms with Crippen molar-refractivity contribution in [2.45, 2.75) is 37.9 Å². The minimum atomic E-state index is -0.548. The molecular formula is C27H27F2N7O3. The molecule has 2 aromatic carbocycles. The number of halogens is 2. The Morgan fingerprint density at radius 2 is 1.79 bits per heavy atom. The molecule has 6 rings (SSSR count). The summed E-state index contributed by atoms with van der Waals surface area (Å²) >= 11 is 0. The van der Waals surface area contributed by atoms with E-state index < -0.39 is 17.7 Å². The molecule has 0 aliphatic carbocycles. The first-order valence-corrected chi connectivity index (χ1v) is 12.8. The number of nitrogens with two attached hydrogens (primary N) is 1. The van der Waals surface area contributed by atoms with E-state index in [9.17, 15) is 19.1 Å². The molecule has 3 saturated heterocycles. The van der Waals surface area contributed by atoms with E-state index in [2.05, 4.69) is 25.3 Å². The number of nitrogens with one attached hydrogen (secondary N) is 1. The van der Waals surface area contributed by atoms with Gasteiger partial charge in [-0.3, -0.25) is 19.9 Å². The number of nitrogen functional groups attached to an aromatic ring is 1. The number of nitrogens with zero attached hydrogens (tertiary/aromatic N) is 5. The second kappa shape index (κ2) is 9.77. The molecule has 39 heavy (non-hydrogen) atoms. The molecule has 0 spiro atoms. The number of aromatic hydroxyl groups is 1. The van der Waals surface area contributed by atoms with Crippen molar-refractivity contribution in [1.82, 2.24) is 20.4 Å². The highest BCUT2D eigenvalue weighted by Crippen LogP contribution is 2.38. The van der Waals surface area contributed by atoms with Crippen molar-refractivity contribution in [2.24, 2.45) is 0 Å². The number of hydrogen-bond acceptors (Lipinski definition) is 8. The molecule has 12 heteroatoms. The van der Waals surface area contributed by atoms with E-state index in [0.29, 0.717) is 42.3 Å². The van der Waals surface area contributed by atoms with Gasteiger partial charge in [0.2, 0.25) is 5.91 Å². The summed E-state index contributed by atoms with van der Waals surface area (Å²) in [5.74, 6) is -1.10. The van der Waals surface area contributed by atoms with Crippen molar-refractivity contribution in [2.75, 3.05) is 35.2 Å². The SMILES string of the molecule is Nc1nnc(-c2cc(F)ccc2O)cc1N1CC2CCC(C1)N2Cc1ccc(N2CCC(=O)NC2=O)cc1F. The van der Waals surface area contributed by atoms with E-state index in [4.69, 9.17) is 5.73 Å². The normalized spacial score (nSPS) is 21.4. The van der Waals surface area contributed by atoms with E-state index in [1.54, 1.807) is 18.2 Å². The predicted molar refractivity (Wildman–Crippen MR) is 140 cm³/mol. The first-order valence-electron chi connectivity index (χ1n) is 12.8. The van der Waals surface area contributed by atoms with Crippen LogP contribution >= 0.6 is 0 Å². The fourth-order valence-electron chi connectivity index (χ4n) is 5.77. The summed E-state index contributed by atoms with van der Waals surface area (Å²) < 4.78 is 29.0. The summed E-state index contributed by atoms with van der Waals surface area (Å²) in [4.78, 5) is 29.3. The van der Waals surface area contributed by atoms with Gasteiger partial charge in [0.25, 0.3) is 0 Å². The third-order valence-corrected chi connectivity index (χ3v) is 7.77. The Bertz CT molecular complexity index is 1460. The van der Waals surface area contributed by atoms with E-state index in [1.807, 2.05) is 0 Å². The lowest BCUT2D eigenvalue weighted by Crippen LogP contribution is -2.53. The molecule has 0 saturated carbocycles. The van der Waals surface area contributed by atoms with Gasteiger partial charge in [0.05, 0.1) is 11.4 Å². The Kier molecular flexibility index (Phi) is 6.26. The number of urea groups is 1. The number of anilines is 3. The molecule has 3 aliphatic heterocycles. The molecule has 10 nitrogen and oxygen atoms in total. The highest BCUT2D eigenvalue weighted by atomic mass is 19.1. The number of carbonyl (C=O) groups excluding carboxylic acids is 2. The van der Waals surface area contributed by atoms with Gasteiger partial charge < -0.3 is 15.7 Å². The van der Waals surface area contributed by atoms with Crippen molar-refractivity contribution in [3.63, 3.8) is 0 Å². The van der Waals surface area contributed by atoms with Crippen LogP contribution in [0.25, 0.3) is 11.3 Å². The zero-order valence-electron chi connectivity index (χ0n) is 21.0. The zero-order valence-corrected chi connectivity index (χ0v) is 21.0. The van der Waals surface area contributed by atoms with Gasteiger partial charge in [0, 0.05) is 61.5 Å². The number of rotatable bonds is 5. The standard InChI is InChI=1S/C27H27F2N7O3/c28-16-2-6-24(37)20(9-16)22-11-23(26(30)33-32-22)34-13-18-4-5-19(14-34)36(18)12-15-1-3-17(10-21(15)29)35-8-7-25(38)31-27(35)39/h1-3,6,9-11,18-19,37H,4-5,7-8,12-14H2,(H2,30,33)(H,31,38,39). The number of phenols is 1. The molecule has 0 radical (unpaired) electrons. The van der Waals surface area contributed by atoms with Gasteiger partial charge in [0.1, 0.15) is 17.4 Å². The molecule has 2 unspecified atom stereocenters. The van der Waals surface area contributed by atoms with Crippen LogP contribution in [0.2, 0.25) is 0 Å². The van der Waals surface area contributed by atoms with Crippen molar-refractivity contribution < 1.29 is 23.5 Å². The summed E-state index contributed by atoms with van der Waals surface area (Å²) in [6.45, 7) is 1.92. The topological polar surface area (TPSA) is 128 Å². The summed E-state index contributed by atoms with van der Waals surface area (Å²) in [5, 5.41) is 20.6. The lowest BCUT2D eigenvalue weighted by molar-refractivity contribution is -0.120. The van der Waals surface area contributed by atoms with Crippen LogP contribution in [0.5, 0.6) is 5.75 Å². The first-order chi connectivity index (χ1) is 18.8. The Labute approximate surface area is 223 Å². The van der Waals surface area contributed by atoms with Gasteiger partial charge in [-0.25, -0.2) is 13.6 Å². The third kappa shape index (κ3) is 4.71. The lowest BCUT2D eigenvalue weighted by Gasteiger charge is -2.42. The molecule has 2 bridgehead atoms. The maximum Gasteiger partial charge on any atom is 0.328 e. The average Bonchev–Trinajstić information content (AvgIpc) is 3.13. The maximum atomic E-state index is 15.2. The molecule has 3 aromatic rings. The summed E-state index contributed by atoms with van der Waals surface area (Å²) in [6, 6.07) is 9.87. The van der Waals surface area contributed by atoms with E-state index in [1.165, 1.54) is 29.2 Å². The van der Waals surface area contributed by atoms with Crippen LogP contribution in [0.3, 0.4) is 0 Å². The van der Waals surface area contributed by atoms with E-state index in [-0.39, 0.29) is 48.1 Å². The summed E-state index contributed by atoms with van der Waals surface area (Å²) in [6.07, 6.45) is 2.06. The smallest absolute Gasteiger partial charge is 0.328 e. The molecular weight excluding hydrogens is 508 g/mol. The highest BCUT2D eigenvalue weighted by Gasteiger charge is 2.41. The minimum absolute atomic E-state index is 0.103. The number of aromatic nitrogens is 2. The van der Waals surface area contributed by atoms with Gasteiger partial charge in [0.15, 0.2) is 5.82 Å². The van der Waals surface area contributed by atoms with Crippen LogP contribution in [-0.4, -0.2) is 63.9 Å². The van der Waals surface area contributed by atoms with E-state index >= 15 is 4.39 Å². The molecule has 4 N–H and O–H groups in total. The van der Waals surface area contributed by atoms with Crippen LogP contribution in [-0.2, 0) is 11.3 Å². The number of piperazine rings is 1. The lowest BCUT2D eigenvalue weighted by atomic mass is 10.1. The number of imide groups is 1. The average molecular weight is 536 g/mol. The molecule has 3 amide bonds. The third-order valence-electron chi connectivity index (χ3n) is 7.77. The molecule has 2 atom stereocenters. The second-order valence-corrected chi connectivity index (χ2v) is 10.2. The second-order valence-electron chi connectivity index (χ2n) is 10.2. The summed E-state index contributed by atoms with van der Waals surface area (Å²) in [5.41, 5.74) is 8.34. The quantitative estimate of drug-likeness (QED) is 0.455. The van der Waals surface area contributed by atoms with Gasteiger partial charge in [-0.05, 0) is 49.2 Å². The molecule has 1 aromatic heterocycles. The number of hydrogen-bond donors (Lipinski definition) is 3. The number of carbonyl (C=O) groups is 2. The predicted octanol–water partition coefficient (Wildman–Crippen LogP) is 3.01. The Balaban J connectivity index is 1.18. The minimum Gasteiger partial charge on any atom is -0.507 e. The number of benzene rings is 2. The van der Waals surface area contributed by atoms with Gasteiger partial charge in [-0.2, -0.15) is 0 Å². The Morgan fingerprint density at radius 3 is 2.51 bits per heavy atom. The van der Waals surface area contributed by atoms with Crippen molar-refractivity contribution in [3.8, 4) is 17.0 Å². The summed E-state index contributed by atoms with van der Waals surface area (Å²) in [7, 11) is 0. The van der Waals surface area contributed by atoms with Crippen molar-refractivity contribution >= 4 is 29.1 Å². The fourth-order valence-corrected chi connectivity index (χ4v) is 5.77. The van der Waals surface area contributed by atoms with E-state index in [0.717, 1.165) is 12.8 Å². The van der Waals surface area contributed by atoms with Gasteiger partial charge in [-0.15, -0.1) is 10.2 Å². The number of phenolic OH excluding ortho intramolecular Hbond substituents is 1. The van der Waals surface area contributed by atoms with Crippen LogP contribution in [0.15, 0.2) is 42.5 Å². The zero-order chi connectivity index (χ0) is 27.3. The Morgan fingerprint density at radius 1 is 1.03 bits per heavy atom. The monoisotopic (exact) mass is 535 g/mol. The first kappa shape index (κ1) is 25.0. The van der Waals surface area contributed by atoms with Crippen LogP contribution < -0.4 is 20.9 Å². The molecule has 3 fully saturated rings. The number of fused-ring (bicyclic) bond motifs is 2. The van der Waals surface area contributed by atoms with Gasteiger partial charge >= 0.3 is 6.03 Å². The molecule has 4 heterocycles. The van der Waals surface area contributed by atoms with Crippen LogP contribution in [0.1, 0.15) is 24.8 Å².